The molecular formula is C23H18N6O2. The standard InChI is InChI=1S/C23H18N6O2/c1-31-22-11-16(3-9-21(22)30)15-2-8-20-19(10-15)23(26-13-25-20)28-17-4-6-18(7-5-17)29-14-24-12-27-29/h2-14,30H,1H3,(H,25,26,28). The highest BCUT2D eigenvalue weighted by Crippen LogP contribution is 2.33. The number of nitrogens with zero attached hydrogens (tertiary/aromatic N) is 5. The van der Waals surface area contributed by atoms with Crippen molar-refractivity contribution in [1.29, 1.82) is 0 Å². The maximum Gasteiger partial charge on any atom is 0.161 e. The lowest BCUT2D eigenvalue weighted by Gasteiger charge is -2.11. The fourth-order valence-electron chi connectivity index (χ4n) is 3.37. The van der Waals surface area contributed by atoms with Crippen molar-refractivity contribution in [3.63, 3.8) is 0 Å². The van der Waals surface area contributed by atoms with Crippen LogP contribution < -0.4 is 10.1 Å². The van der Waals surface area contributed by atoms with Crippen LogP contribution in [0.4, 0.5) is 11.5 Å². The summed E-state index contributed by atoms with van der Waals surface area (Å²) >= 11 is 0. The lowest BCUT2D eigenvalue weighted by atomic mass is 10.0. The molecule has 0 saturated heterocycles. The van der Waals surface area contributed by atoms with Gasteiger partial charge in [-0.25, -0.2) is 19.6 Å². The molecule has 8 nitrogen and oxygen atoms in total. The molecule has 5 rings (SSSR count). The topological polar surface area (TPSA) is 98.0 Å². The van der Waals surface area contributed by atoms with E-state index in [1.54, 1.807) is 23.1 Å². The number of nitrogens with one attached hydrogen (secondary N) is 1. The molecule has 5 aromatic rings. The second kappa shape index (κ2) is 7.75. The van der Waals surface area contributed by atoms with Crippen molar-refractivity contribution in [2.45, 2.75) is 0 Å². The number of phenols is 1. The number of phenolic OH excluding ortho intramolecular Hbond substituents is 1. The highest BCUT2D eigenvalue weighted by atomic mass is 16.5. The molecule has 0 fully saturated rings. The van der Waals surface area contributed by atoms with Gasteiger partial charge in [-0.3, -0.25) is 0 Å². The summed E-state index contributed by atoms with van der Waals surface area (Å²) in [5.41, 5.74) is 4.51. The maximum absolute atomic E-state index is 9.88. The summed E-state index contributed by atoms with van der Waals surface area (Å²) in [5, 5.41) is 18.3. The Morgan fingerprint density at radius 2 is 1.71 bits per heavy atom. The van der Waals surface area contributed by atoms with Crippen LogP contribution in [0, 0.1) is 0 Å². The smallest absolute Gasteiger partial charge is 0.161 e. The summed E-state index contributed by atoms with van der Waals surface area (Å²) < 4.78 is 6.93. The number of rotatable bonds is 5. The number of aromatic nitrogens is 5. The number of hydrogen-bond acceptors (Lipinski definition) is 7. The number of benzene rings is 3. The first-order valence-corrected chi connectivity index (χ1v) is 9.55. The normalized spacial score (nSPS) is 10.9. The zero-order valence-corrected chi connectivity index (χ0v) is 16.6. The second-order valence-electron chi connectivity index (χ2n) is 6.85. The number of anilines is 2. The molecule has 0 aliphatic carbocycles. The van der Waals surface area contributed by atoms with Crippen molar-refractivity contribution in [2.75, 3.05) is 12.4 Å². The van der Waals surface area contributed by atoms with Crippen LogP contribution in [0.3, 0.4) is 0 Å². The van der Waals surface area contributed by atoms with Crippen molar-refractivity contribution < 1.29 is 9.84 Å². The van der Waals surface area contributed by atoms with E-state index in [1.165, 1.54) is 19.8 Å². The molecule has 2 N–H and O–H groups in total. The van der Waals surface area contributed by atoms with Crippen molar-refractivity contribution >= 4 is 22.4 Å². The van der Waals surface area contributed by atoms with Gasteiger partial charge in [-0.05, 0) is 59.7 Å². The van der Waals surface area contributed by atoms with Gasteiger partial charge in [0, 0.05) is 11.1 Å². The first-order chi connectivity index (χ1) is 15.2. The van der Waals surface area contributed by atoms with Crippen molar-refractivity contribution in [2.24, 2.45) is 0 Å². The van der Waals surface area contributed by atoms with E-state index < -0.39 is 0 Å². The summed E-state index contributed by atoms with van der Waals surface area (Å²) in [4.78, 5) is 12.8. The zero-order chi connectivity index (χ0) is 21.2. The third-order valence-electron chi connectivity index (χ3n) is 4.96. The van der Waals surface area contributed by atoms with Gasteiger partial charge in [-0.15, -0.1) is 0 Å². The van der Waals surface area contributed by atoms with Crippen LogP contribution in [0.5, 0.6) is 11.5 Å². The largest absolute Gasteiger partial charge is 0.504 e. The summed E-state index contributed by atoms with van der Waals surface area (Å²) in [6.45, 7) is 0. The average molecular weight is 410 g/mol. The van der Waals surface area contributed by atoms with Crippen molar-refractivity contribution in [1.82, 2.24) is 24.7 Å². The van der Waals surface area contributed by atoms with E-state index in [-0.39, 0.29) is 5.75 Å². The molecule has 3 aromatic carbocycles. The first kappa shape index (κ1) is 18.6. The molecule has 152 valence electrons. The van der Waals surface area contributed by atoms with E-state index in [2.05, 4.69) is 25.4 Å². The van der Waals surface area contributed by atoms with Gasteiger partial charge in [0.25, 0.3) is 0 Å². The second-order valence-corrected chi connectivity index (χ2v) is 6.85. The third-order valence-corrected chi connectivity index (χ3v) is 4.96. The zero-order valence-electron chi connectivity index (χ0n) is 16.6. The van der Waals surface area contributed by atoms with Gasteiger partial charge in [0.2, 0.25) is 0 Å². The number of hydrogen-bond donors (Lipinski definition) is 2. The lowest BCUT2D eigenvalue weighted by molar-refractivity contribution is 0.373. The van der Waals surface area contributed by atoms with Gasteiger partial charge in [-0.2, -0.15) is 5.10 Å². The van der Waals surface area contributed by atoms with Crippen molar-refractivity contribution in [3.05, 3.63) is 79.6 Å². The van der Waals surface area contributed by atoms with E-state index >= 15 is 0 Å². The molecule has 8 heteroatoms. The van der Waals surface area contributed by atoms with Gasteiger partial charge in [0.15, 0.2) is 11.5 Å². The van der Waals surface area contributed by atoms with Gasteiger partial charge in [0.1, 0.15) is 24.8 Å². The van der Waals surface area contributed by atoms with Crippen LogP contribution in [0.2, 0.25) is 0 Å². The molecular weight excluding hydrogens is 392 g/mol. The summed E-state index contributed by atoms with van der Waals surface area (Å²) in [6.07, 6.45) is 4.69. The van der Waals surface area contributed by atoms with Crippen LogP contribution in [-0.2, 0) is 0 Å². The van der Waals surface area contributed by atoms with Crippen LogP contribution in [0.15, 0.2) is 79.6 Å². The van der Waals surface area contributed by atoms with E-state index in [0.29, 0.717) is 11.6 Å². The first-order valence-electron chi connectivity index (χ1n) is 9.55. The number of methoxy groups -OCH3 is 1. The van der Waals surface area contributed by atoms with Gasteiger partial charge in [-0.1, -0.05) is 12.1 Å². The lowest BCUT2D eigenvalue weighted by Crippen LogP contribution is -1.98. The molecule has 2 aromatic heterocycles. The average Bonchev–Trinajstić information content (AvgIpc) is 3.35. The Balaban J connectivity index is 1.50. The Morgan fingerprint density at radius 3 is 2.48 bits per heavy atom. The fourth-order valence-corrected chi connectivity index (χ4v) is 3.37. The van der Waals surface area contributed by atoms with Crippen LogP contribution in [-0.4, -0.2) is 36.9 Å². The van der Waals surface area contributed by atoms with Gasteiger partial charge in [0.05, 0.1) is 18.3 Å². The van der Waals surface area contributed by atoms with Crippen LogP contribution in [0.25, 0.3) is 27.7 Å². The summed E-state index contributed by atoms with van der Waals surface area (Å²) in [7, 11) is 1.53. The predicted molar refractivity (Wildman–Crippen MR) is 118 cm³/mol. The quantitative estimate of drug-likeness (QED) is 0.445. The SMILES string of the molecule is COc1cc(-c2ccc3ncnc(Nc4ccc(-n5cncn5)cc4)c3c2)ccc1O. The molecule has 0 aliphatic rings. The Morgan fingerprint density at radius 1 is 0.903 bits per heavy atom. The van der Waals surface area contributed by atoms with Crippen LogP contribution in [0.1, 0.15) is 0 Å². The Hall–Kier alpha value is -4.46. The number of fused-ring (bicyclic) bond motifs is 1. The maximum atomic E-state index is 9.88. The molecule has 2 heterocycles. The van der Waals surface area contributed by atoms with Crippen molar-refractivity contribution in [3.8, 4) is 28.3 Å². The van der Waals surface area contributed by atoms with E-state index in [0.717, 1.165) is 33.4 Å². The molecule has 0 amide bonds. The summed E-state index contributed by atoms with van der Waals surface area (Å²) in [6, 6.07) is 19.0. The monoisotopic (exact) mass is 410 g/mol. The van der Waals surface area contributed by atoms with E-state index in [1.807, 2.05) is 48.5 Å². The molecule has 0 atom stereocenters. The minimum absolute atomic E-state index is 0.104. The van der Waals surface area contributed by atoms with Gasteiger partial charge < -0.3 is 15.2 Å². The molecule has 0 aliphatic heterocycles. The molecule has 31 heavy (non-hydrogen) atoms. The molecule has 0 bridgehead atoms. The Bertz CT molecular complexity index is 1350. The number of ether oxygens (including phenoxy) is 1. The molecule has 0 saturated carbocycles. The van der Waals surface area contributed by atoms with E-state index in [4.69, 9.17) is 4.74 Å². The molecule has 0 spiro atoms. The minimum atomic E-state index is 0.104. The van der Waals surface area contributed by atoms with Crippen LogP contribution >= 0.6 is 0 Å². The molecule has 0 unspecified atom stereocenters. The fraction of sp³-hybridized carbons (Fsp3) is 0.0435. The number of aromatic hydroxyl groups is 1. The minimum Gasteiger partial charge on any atom is -0.504 e. The Kier molecular flexibility index (Phi) is 4.64. The third kappa shape index (κ3) is 3.62. The Labute approximate surface area is 177 Å². The van der Waals surface area contributed by atoms with E-state index in [9.17, 15) is 5.11 Å². The molecule has 0 radical (unpaired) electrons. The highest BCUT2D eigenvalue weighted by molar-refractivity contribution is 5.94. The predicted octanol–water partition coefficient (Wildman–Crippen LogP) is 4.34. The summed E-state index contributed by atoms with van der Waals surface area (Å²) in [5.74, 6) is 1.23. The highest BCUT2D eigenvalue weighted by Gasteiger charge is 2.09. The van der Waals surface area contributed by atoms with Gasteiger partial charge >= 0.3 is 0 Å².